The van der Waals surface area contributed by atoms with Crippen molar-refractivity contribution in [1.29, 1.82) is 0 Å². The van der Waals surface area contributed by atoms with Gasteiger partial charge in [-0.15, -0.1) is 0 Å². The summed E-state index contributed by atoms with van der Waals surface area (Å²) in [7, 11) is 0. The van der Waals surface area contributed by atoms with Crippen molar-refractivity contribution in [3.63, 3.8) is 0 Å². The van der Waals surface area contributed by atoms with Gasteiger partial charge in [-0.3, -0.25) is 9.59 Å². The highest BCUT2D eigenvalue weighted by molar-refractivity contribution is 6.06. The Balaban J connectivity index is 1.44. The van der Waals surface area contributed by atoms with Crippen molar-refractivity contribution >= 4 is 17.4 Å². The largest absolute Gasteiger partial charge is 0.485 e. The molecule has 0 bridgehead atoms. The van der Waals surface area contributed by atoms with Gasteiger partial charge in [-0.05, 0) is 57.0 Å². The smallest absolute Gasteiger partial charge is 0.259 e. The van der Waals surface area contributed by atoms with Crippen molar-refractivity contribution in [2.75, 3.05) is 18.5 Å². The van der Waals surface area contributed by atoms with Gasteiger partial charge in [0.05, 0.1) is 11.7 Å². The molecule has 0 spiro atoms. The van der Waals surface area contributed by atoms with Crippen LogP contribution in [0.1, 0.15) is 44.9 Å². The van der Waals surface area contributed by atoms with Crippen LogP contribution in [-0.2, 0) is 11.3 Å². The molecular weight excluding hydrogens is 404 g/mol. The molecule has 1 saturated heterocycles. The number of benzene rings is 2. The maximum absolute atomic E-state index is 12.9. The first-order valence-corrected chi connectivity index (χ1v) is 10.9. The number of aromatic nitrogens is 1. The fraction of sp³-hybridized carbons (Fsp3) is 0.308. The lowest BCUT2D eigenvalue weighted by Gasteiger charge is -2.15. The number of para-hydroxylation sites is 2. The van der Waals surface area contributed by atoms with Crippen LogP contribution in [-0.4, -0.2) is 35.6 Å². The zero-order valence-corrected chi connectivity index (χ0v) is 18.5. The summed E-state index contributed by atoms with van der Waals surface area (Å²) in [5.41, 5.74) is 3.67. The third kappa shape index (κ3) is 4.92. The highest BCUT2D eigenvalue weighted by atomic mass is 16.5. The van der Waals surface area contributed by atoms with Crippen LogP contribution in [0.25, 0.3) is 0 Å². The molecule has 3 aromatic rings. The second-order valence-electron chi connectivity index (χ2n) is 8.06. The summed E-state index contributed by atoms with van der Waals surface area (Å²) in [4.78, 5) is 25.7. The number of carbonyl (C=O) groups is 2. The zero-order valence-electron chi connectivity index (χ0n) is 18.5. The topological polar surface area (TPSA) is 69.6 Å². The Morgan fingerprint density at radius 1 is 1.06 bits per heavy atom. The first-order chi connectivity index (χ1) is 15.5. The molecule has 6 nitrogen and oxygen atoms in total. The van der Waals surface area contributed by atoms with Crippen molar-refractivity contribution < 1.29 is 19.1 Å². The number of aryl methyl sites for hydroxylation is 1. The third-order valence-corrected chi connectivity index (χ3v) is 5.81. The van der Waals surface area contributed by atoms with Gasteiger partial charge in [0.1, 0.15) is 5.75 Å². The monoisotopic (exact) mass is 432 g/mol. The van der Waals surface area contributed by atoms with Gasteiger partial charge in [-0.25, -0.2) is 0 Å². The van der Waals surface area contributed by atoms with Crippen LogP contribution >= 0.6 is 0 Å². The molecule has 1 fully saturated rings. The number of anilines is 1. The van der Waals surface area contributed by atoms with E-state index in [0.29, 0.717) is 22.6 Å². The number of nitrogens with zero attached hydrogens (tertiary/aromatic N) is 1. The highest BCUT2D eigenvalue weighted by Gasteiger charge is 2.22. The Morgan fingerprint density at radius 3 is 2.56 bits per heavy atom. The molecule has 1 N–H and O–H groups in total. The molecule has 0 aliphatic carbocycles. The molecule has 1 aromatic heterocycles. The van der Waals surface area contributed by atoms with Gasteiger partial charge in [0, 0.05) is 35.8 Å². The summed E-state index contributed by atoms with van der Waals surface area (Å²) >= 11 is 0. The van der Waals surface area contributed by atoms with E-state index in [4.69, 9.17) is 9.47 Å². The van der Waals surface area contributed by atoms with Gasteiger partial charge in [0.25, 0.3) is 5.91 Å². The van der Waals surface area contributed by atoms with Crippen molar-refractivity contribution in [3.8, 4) is 5.75 Å². The van der Waals surface area contributed by atoms with Crippen LogP contribution in [0.4, 0.5) is 5.69 Å². The molecule has 2 heterocycles. The minimum atomic E-state index is -0.283. The van der Waals surface area contributed by atoms with Gasteiger partial charge in [0.15, 0.2) is 6.61 Å². The summed E-state index contributed by atoms with van der Waals surface area (Å²) in [5.74, 6) is -0.0219. The molecule has 4 rings (SSSR count). The Labute approximate surface area is 188 Å². The number of nitrogens with one attached hydrogen (secondary N) is 1. The van der Waals surface area contributed by atoms with Crippen LogP contribution in [0.5, 0.6) is 5.75 Å². The maximum atomic E-state index is 12.9. The van der Waals surface area contributed by atoms with Gasteiger partial charge in [-0.1, -0.05) is 30.3 Å². The molecule has 2 aromatic carbocycles. The minimum absolute atomic E-state index is 0.116. The summed E-state index contributed by atoms with van der Waals surface area (Å²) in [6.45, 7) is 5.38. The van der Waals surface area contributed by atoms with Crippen molar-refractivity contribution in [2.24, 2.45) is 0 Å². The lowest BCUT2D eigenvalue weighted by Crippen LogP contribution is -2.18. The van der Waals surface area contributed by atoms with E-state index in [1.807, 2.05) is 50.2 Å². The van der Waals surface area contributed by atoms with Gasteiger partial charge < -0.3 is 19.4 Å². The summed E-state index contributed by atoms with van der Waals surface area (Å²) in [6.07, 6.45) is 2.33. The lowest BCUT2D eigenvalue weighted by atomic mass is 10.1. The number of ketones is 1. The molecule has 166 valence electrons. The lowest BCUT2D eigenvalue weighted by molar-refractivity contribution is 0.0908. The van der Waals surface area contributed by atoms with Crippen LogP contribution in [0.15, 0.2) is 60.7 Å². The second kappa shape index (κ2) is 9.83. The van der Waals surface area contributed by atoms with Crippen LogP contribution in [0.3, 0.4) is 0 Å². The van der Waals surface area contributed by atoms with E-state index in [0.717, 1.165) is 37.4 Å². The quantitative estimate of drug-likeness (QED) is 0.519. The number of carbonyl (C=O) groups excluding carboxylic acids is 2. The van der Waals surface area contributed by atoms with Gasteiger partial charge in [-0.2, -0.15) is 0 Å². The molecule has 0 unspecified atom stereocenters. The zero-order chi connectivity index (χ0) is 22.5. The number of hydrogen-bond acceptors (Lipinski definition) is 4. The van der Waals surface area contributed by atoms with Crippen molar-refractivity contribution in [2.45, 2.75) is 39.3 Å². The maximum Gasteiger partial charge on any atom is 0.259 e. The van der Waals surface area contributed by atoms with E-state index < -0.39 is 0 Å². The average molecular weight is 433 g/mol. The van der Waals surface area contributed by atoms with Crippen molar-refractivity contribution in [3.05, 3.63) is 83.2 Å². The number of ether oxygens (including phenoxy) is 2. The molecule has 6 heteroatoms. The summed E-state index contributed by atoms with van der Waals surface area (Å²) in [5, 5.41) is 2.85. The van der Waals surface area contributed by atoms with E-state index in [2.05, 4.69) is 9.88 Å². The minimum Gasteiger partial charge on any atom is -0.485 e. The average Bonchev–Trinajstić information content (AvgIpc) is 3.42. The predicted molar refractivity (Wildman–Crippen MR) is 124 cm³/mol. The van der Waals surface area contributed by atoms with E-state index in [9.17, 15) is 9.59 Å². The first-order valence-electron chi connectivity index (χ1n) is 10.9. The number of hydrogen-bond donors (Lipinski definition) is 1. The standard InChI is InChI=1S/C26H28N2O4/c1-18-15-23(19(2)28(18)16-21-11-8-14-31-21)24(29)17-32-25-13-7-6-12-22(25)26(30)27-20-9-4-3-5-10-20/h3-7,9-10,12-13,15,21H,8,11,14,16-17H2,1-2H3,(H,27,30)/t21-/m0/s1. The Kier molecular flexibility index (Phi) is 6.71. The SMILES string of the molecule is Cc1cc(C(=O)COc2ccccc2C(=O)Nc2ccccc2)c(C)n1C[C@@H]1CCCO1. The van der Waals surface area contributed by atoms with Gasteiger partial charge >= 0.3 is 0 Å². The molecule has 0 saturated carbocycles. The fourth-order valence-corrected chi connectivity index (χ4v) is 4.08. The van der Waals surface area contributed by atoms with Crippen molar-refractivity contribution in [1.82, 2.24) is 4.57 Å². The van der Waals surface area contributed by atoms with Crippen LogP contribution in [0.2, 0.25) is 0 Å². The molecule has 32 heavy (non-hydrogen) atoms. The first kappa shape index (κ1) is 21.8. The fourth-order valence-electron chi connectivity index (χ4n) is 4.08. The van der Waals surface area contributed by atoms with Crippen LogP contribution in [0, 0.1) is 13.8 Å². The second-order valence-corrected chi connectivity index (χ2v) is 8.06. The molecule has 1 amide bonds. The number of Topliss-reactive ketones (excluding diaryl/α,β-unsaturated/α-hetero) is 1. The Hall–Kier alpha value is -3.38. The number of amides is 1. The molecular formula is C26H28N2O4. The van der Waals surface area contributed by atoms with E-state index >= 15 is 0 Å². The van der Waals surface area contributed by atoms with E-state index in [1.54, 1.807) is 24.3 Å². The number of rotatable bonds is 8. The highest BCUT2D eigenvalue weighted by Crippen LogP contribution is 2.23. The van der Waals surface area contributed by atoms with Gasteiger partial charge in [0.2, 0.25) is 5.78 Å². The summed E-state index contributed by atoms with van der Waals surface area (Å²) < 4.78 is 13.7. The Morgan fingerprint density at radius 2 is 1.81 bits per heavy atom. The molecule has 1 aliphatic rings. The molecule has 1 aliphatic heterocycles. The van der Waals surface area contributed by atoms with E-state index in [-0.39, 0.29) is 24.4 Å². The normalized spacial score (nSPS) is 15.5. The van der Waals surface area contributed by atoms with E-state index in [1.165, 1.54) is 0 Å². The molecule has 1 atom stereocenters. The third-order valence-electron chi connectivity index (χ3n) is 5.81. The molecule has 0 radical (unpaired) electrons. The van der Waals surface area contributed by atoms with Crippen LogP contribution < -0.4 is 10.1 Å². The Bertz CT molecular complexity index is 1100. The summed E-state index contributed by atoms with van der Waals surface area (Å²) in [6, 6.07) is 18.1. The predicted octanol–water partition coefficient (Wildman–Crippen LogP) is 4.80.